The van der Waals surface area contributed by atoms with Crippen molar-refractivity contribution in [1.82, 2.24) is 15.4 Å². The topological polar surface area (TPSA) is 86.1 Å². The number of ether oxygens (including phenoxy) is 3. The number of amides is 1. The molecule has 0 aliphatic carbocycles. The van der Waals surface area contributed by atoms with E-state index in [2.05, 4.69) is 58.7 Å². The number of hydrogen-bond donors (Lipinski definition) is 1. The van der Waals surface area contributed by atoms with Crippen molar-refractivity contribution in [2.45, 2.75) is 33.1 Å². The Hall–Kier alpha value is -4.30. The highest BCUT2D eigenvalue weighted by atomic mass is 16.7. The molecule has 2 heterocycles. The third kappa shape index (κ3) is 6.29. The van der Waals surface area contributed by atoms with E-state index in [-0.39, 0.29) is 18.4 Å². The number of nitrogens with zero attached hydrogens (tertiary/aromatic N) is 2. The number of carbonyl (C=O) groups is 1. The Morgan fingerprint density at radius 1 is 0.892 bits per heavy atom. The van der Waals surface area contributed by atoms with Crippen LogP contribution in [0.4, 0.5) is 0 Å². The lowest BCUT2D eigenvalue weighted by atomic mass is 10.1. The smallest absolute Gasteiger partial charge is 0.273 e. The summed E-state index contributed by atoms with van der Waals surface area (Å²) in [5, 5.41) is 6.90. The maximum Gasteiger partial charge on any atom is 0.273 e. The Bertz CT molecular complexity index is 1350. The molecule has 0 bridgehead atoms. The maximum atomic E-state index is 12.7. The van der Waals surface area contributed by atoms with Crippen LogP contribution in [0.15, 0.2) is 77.3 Å². The highest BCUT2D eigenvalue weighted by molar-refractivity contribution is 5.92. The molecule has 1 aromatic heterocycles. The lowest BCUT2D eigenvalue weighted by Gasteiger charge is -2.21. The van der Waals surface area contributed by atoms with Gasteiger partial charge in [-0.25, -0.2) is 0 Å². The lowest BCUT2D eigenvalue weighted by Crippen LogP contribution is -2.23. The van der Waals surface area contributed by atoms with Gasteiger partial charge in [0.15, 0.2) is 23.0 Å². The summed E-state index contributed by atoms with van der Waals surface area (Å²) in [6.07, 6.45) is 0. The van der Waals surface area contributed by atoms with Crippen molar-refractivity contribution in [3.8, 4) is 17.2 Å². The van der Waals surface area contributed by atoms with Gasteiger partial charge in [-0.15, -0.1) is 0 Å². The summed E-state index contributed by atoms with van der Waals surface area (Å²) in [7, 11) is 1.66. The van der Waals surface area contributed by atoms with Crippen LogP contribution in [0.3, 0.4) is 0 Å². The van der Waals surface area contributed by atoms with Crippen LogP contribution in [0.1, 0.15) is 38.5 Å². The van der Waals surface area contributed by atoms with Crippen LogP contribution in [0.25, 0.3) is 0 Å². The average molecular weight is 500 g/mol. The summed E-state index contributed by atoms with van der Waals surface area (Å²) < 4.78 is 21.6. The maximum absolute atomic E-state index is 12.7. The summed E-state index contributed by atoms with van der Waals surface area (Å²) >= 11 is 0. The fourth-order valence-electron chi connectivity index (χ4n) is 4.15. The van der Waals surface area contributed by atoms with Gasteiger partial charge in [0.2, 0.25) is 6.79 Å². The molecule has 0 fully saturated rings. The second kappa shape index (κ2) is 11.2. The molecule has 190 valence electrons. The second-order valence-corrected chi connectivity index (χ2v) is 9.03. The minimum absolute atomic E-state index is 0.215. The highest BCUT2D eigenvalue weighted by Crippen LogP contribution is 2.32. The van der Waals surface area contributed by atoms with E-state index in [4.69, 9.17) is 18.7 Å². The van der Waals surface area contributed by atoms with Crippen LogP contribution < -0.4 is 19.5 Å². The molecular weight excluding hydrogens is 470 g/mol. The van der Waals surface area contributed by atoms with Crippen molar-refractivity contribution in [3.63, 3.8) is 0 Å². The van der Waals surface area contributed by atoms with Crippen molar-refractivity contribution in [2.24, 2.45) is 0 Å². The molecule has 0 saturated carbocycles. The minimum atomic E-state index is -0.298. The van der Waals surface area contributed by atoms with E-state index in [1.54, 1.807) is 13.2 Å². The molecular formula is C29H29N3O5. The van der Waals surface area contributed by atoms with Gasteiger partial charge in [0.25, 0.3) is 5.91 Å². The Balaban J connectivity index is 1.24. The molecule has 1 aliphatic rings. The quantitative estimate of drug-likeness (QED) is 0.334. The van der Waals surface area contributed by atoms with E-state index >= 15 is 0 Å². The van der Waals surface area contributed by atoms with E-state index in [1.165, 1.54) is 11.1 Å². The van der Waals surface area contributed by atoms with Gasteiger partial charge in [-0.1, -0.05) is 53.2 Å². The Labute approximate surface area is 215 Å². The van der Waals surface area contributed by atoms with Gasteiger partial charge in [0.05, 0.1) is 13.7 Å². The summed E-state index contributed by atoms with van der Waals surface area (Å²) in [5.74, 6) is 2.53. The number of methoxy groups -OCH3 is 1. The van der Waals surface area contributed by atoms with Gasteiger partial charge in [0, 0.05) is 25.7 Å². The normalized spacial score (nSPS) is 12.1. The van der Waals surface area contributed by atoms with Gasteiger partial charge in [-0.05, 0) is 47.9 Å². The summed E-state index contributed by atoms with van der Waals surface area (Å²) in [5.41, 5.74) is 4.71. The fraction of sp³-hybridized carbons (Fsp3) is 0.241. The molecule has 1 N–H and O–H groups in total. The number of benzene rings is 3. The van der Waals surface area contributed by atoms with E-state index in [0.717, 1.165) is 23.4 Å². The van der Waals surface area contributed by atoms with Crippen molar-refractivity contribution in [1.29, 1.82) is 0 Å². The number of aryl methyl sites for hydroxylation is 1. The Kier molecular flexibility index (Phi) is 7.37. The molecule has 0 radical (unpaired) electrons. The molecule has 0 unspecified atom stereocenters. The Morgan fingerprint density at radius 3 is 2.30 bits per heavy atom. The molecule has 0 spiro atoms. The van der Waals surface area contributed by atoms with Crippen LogP contribution in [0.2, 0.25) is 0 Å². The van der Waals surface area contributed by atoms with Crippen LogP contribution in [0, 0.1) is 6.92 Å². The van der Waals surface area contributed by atoms with Crippen molar-refractivity contribution in [2.75, 3.05) is 13.9 Å². The third-order valence-corrected chi connectivity index (χ3v) is 6.15. The molecule has 4 aromatic rings. The first-order chi connectivity index (χ1) is 18.1. The summed E-state index contributed by atoms with van der Waals surface area (Å²) in [6.45, 7) is 4.55. The summed E-state index contributed by atoms with van der Waals surface area (Å²) in [6, 6.07) is 23.8. The monoisotopic (exact) mass is 499 g/mol. The standard InChI is InChI=1S/C29H29N3O5/c1-20-3-5-21(6-4-20)16-32(17-22-7-10-24(34-2)11-8-22)18-25-14-26(31-37-25)29(33)30-15-23-9-12-27-28(13-23)36-19-35-27/h3-14H,15-19H2,1-2H3,(H,30,33). The molecule has 5 rings (SSSR count). The molecule has 0 atom stereocenters. The zero-order valence-corrected chi connectivity index (χ0v) is 20.9. The van der Waals surface area contributed by atoms with Gasteiger partial charge in [-0.3, -0.25) is 9.69 Å². The number of hydrogen-bond acceptors (Lipinski definition) is 7. The molecule has 3 aromatic carbocycles. The molecule has 0 saturated heterocycles. The van der Waals surface area contributed by atoms with Crippen LogP contribution in [0.5, 0.6) is 17.2 Å². The minimum Gasteiger partial charge on any atom is -0.497 e. The predicted octanol–water partition coefficient (Wildman–Crippen LogP) is 4.85. The number of nitrogens with one attached hydrogen (secondary N) is 1. The SMILES string of the molecule is COc1ccc(CN(Cc2ccc(C)cc2)Cc2cc(C(=O)NCc3ccc4c(c3)OCO4)no2)cc1. The van der Waals surface area contributed by atoms with Gasteiger partial charge < -0.3 is 24.1 Å². The third-order valence-electron chi connectivity index (χ3n) is 6.15. The number of rotatable bonds is 10. The zero-order chi connectivity index (χ0) is 25.6. The van der Waals surface area contributed by atoms with E-state index < -0.39 is 0 Å². The highest BCUT2D eigenvalue weighted by Gasteiger charge is 2.17. The Morgan fingerprint density at radius 2 is 1.57 bits per heavy atom. The van der Waals surface area contributed by atoms with Crippen LogP contribution in [-0.4, -0.2) is 29.9 Å². The number of aromatic nitrogens is 1. The van der Waals surface area contributed by atoms with E-state index in [1.807, 2.05) is 30.3 Å². The molecule has 1 aliphatic heterocycles. The molecule has 8 nitrogen and oxygen atoms in total. The van der Waals surface area contributed by atoms with Gasteiger partial charge in [-0.2, -0.15) is 0 Å². The number of fused-ring (bicyclic) bond motifs is 1. The molecule has 1 amide bonds. The van der Waals surface area contributed by atoms with Crippen LogP contribution >= 0.6 is 0 Å². The van der Waals surface area contributed by atoms with Gasteiger partial charge >= 0.3 is 0 Å². The first-order valence-electron chi connectivity index (χ1n) is 12.1. The van der Waals surface area contributed by atoms with E-state index in [0.29, 0.717) is 36.9 Å². The van der Waals surface area contributed by atoms with Crippen molar-refractivity contribution in [3.05, 3.63) is 107 Å². The lowest BCUT2D eigenvalue weighted by molar-refractivity contribution is 0.0941. The fourth-order valence-corrected chi connectivity index (χ4v) is 4.15. The van der Waals surface area contributed by atoms with E-state index in [9.17, 15) is 4.79 Å². The first kappa shape index (κ1) is 24.4. The zero-order valence-electron chi connectivity index (χ0n) is 20.9. The first-order valence-corrected chi connectivity index (χ1v) is 12.1. The number of carbonyl (C=O) groups excluding carboxylic acids is 1. The van der Waals surface area contributed by atoms with Crippen molar-refractivity contribution >= 4 is 5.91 Å². The average Bonchev–Trinajstić information content (AvgIpc) is 3.58. The van der Waals surface area contributed by atoms with Crippen molar-refractivity contribution < 1.29 is 23.5 Å². The van der Waals surface area contributed by atoms with Gasteiger partial charge in [0.1, 0.15) is 5.75 Å². The second-order valence-electron chi connectivity index (χ2n) is 9.03. The largest absolute Gasteiger partial charge is 0.497 e. The summed E-state index contributed by atoms with van der Waals surface area (Å²) in [4.78, 5) is 15.0. The molecule has 37 heavy (non-hydrogen) atoms. The predicted molar refractivity (Wildman–Crippen MR) is 137 cm³/mol. The van der Waals surface area contributed by atoms with Crippen LogP contribution in [-0.2, 0) is 26.2 Å². The molecule has 8 heteroatoms.